The van der Waals surface area contributed by atoms with E-state index in [1.807, 2.05) is 4.57 Å². The van der Waals surface area contributed by atoms with E-state index in [0.29, 0.717) is 27.9 Å². The molecule has 2 N–H and O–H groups in total. The number of benzene rings is 1. The lowest BCUT2D eigenvalue weighted by atomic mass is 10.1. The molecule has 0 amide bonds. The SMILES string of the molecule is CC(C)N1CCC(Cn2c(N)nc3cc(F)c(Br)cc32)C1. The van der Waals surface area contributed by atoms with Crippen molar-refractivity contribution in [2.45, 2.75) is 32.9 Å². The highest BCUT2D eigenvalue weighted by molar-refractivity contribution is 9.10. The van der Waals surface area contributed by atoms with E-state index < -0.39 is 0 Å². The predicted octanol–water partition coefficient (Wildman–Crippen LogP) is 3.25. The van der Waals surface area contributed by atoms with Crippen molar-refractivity contribution in [2.75, 3.05) is 18.8 Å². The normalized spacial score (nSPS) is 20.0. The second-order valence-corrected chi connectivity index (χ2v) is 6.93. The van der Waals surface area contributed by atoms with Crippen LogP contribution >= 0.6 is 15.9 Å². The summed E-state index contributed by atoms with van der Waals surface area (Å²) in [5.41, 5.74) is 7.54. The number of fused-ring (bicyclic) bond motifs is 1. The van der Waals surface area contributed by atoms with Gasteiger partial charge in [0.1, 0.15) is 5.82 Å². The lowest BCUT2D eigenvalue weighted by molar-refractivity contribution is 0.261. The van der Waals surface area contributed by atoms with Crippen LogP contribution in [0.5, 0.6) is 0 Å². The highest BCUT2D eigenvalue weighted by atomic mass is 79.9. The summed E-state index contributed by atoms with van der Waals surface area (Å²) in [4.78, 5) is 6.76. The molecule has 21 heavy (non-hydrogen) atoms. The van der Waals surface area contributed by atoms with Crippen LogP contribution in [0, 0.1) is 11.7 Å². The van der Waals surface area contributed by atoms with Crippen LogP contribution in [-0.4, -0.2) is 33.6 Å². The molecular formula is C15H20BrFN4. The molecular weight excluding hydrogens is 335 g/mol. The average Bonchev–Trinajstić information content (AvgIpc) is 2.98. The van der Waals surface area contributed by atoms with Crippen molar-refractivity contribution in [3.63, 3.8) is 0 Å². The zero-order chi connectivity index (χ0) is 15.1. The van der Waals surface area contributed by atoms with Gasteiger partial charge in [0.05, 0.1) is 15.5 Å². The molecule has 1 unspecified atom stereocenters. The van der Waals surface area contributed by atoms with Gasteiger partial charge in [-0.2, -0.15) is 0 Å². The molecule has 1 aromatic carbocycles. The first-order valence-corrected chi connectivity index (χ1v) is 8.10. The van der Waals surface area contributed by atoms with Crippen molar-refractivity contribution in [3.8, 4) is 0 Å². The minimum absolute atomic E-state index is 0.306. The highest BCUT2D eigenvalue weighted by Gasteiger charge is 2.25. The van der Waals surface area contributed by atoms with Crippen LogP contribution < -0.4 is 5.73 Å². The van der Waals surface area contributed by atoms with Gasteiger partial charge in [-0.3, -0.25) is 0 Å². The number of nitrogens with two attached hydrogens (primary N) is 1. The van der Waals surface area contributed by atoms with Crippen LogP contribution in [0.25, 0.3) is 11.0 Å². The number of hydrogen-bond acceptors (Lipinski definition) is 3. The molecule has 1 aromatic heterocycles. The molecule has 1 aliphatic rings. The first-order valence-electron chi connectivity index (χ1n) is 7.30. The van der Waals surface area contributed by atoms with Crippen LogP contribution in [0.3, 0.4) is 0 Å². The molecule has 1 atom stereocenters. The second-order valence-electron chi connectivity index (χ2n) is 6.08. The maximum absolute atomic E-state index is 13.6. The number of aromatic nitrogens is 2. The zero-order valence-corrected chi connectivity index (χ0v) is 13.9. The van der Waals surface area contributed by atoms with Gasteiger partial charge in [-0.05, 0) is 54.7 Å². The van der Waals surface area contributed by atoms with E-state index in [-0.39, 0.29) is 5.82 Å². The fourth-order valence-electron chi connectivity index (χ4n) is 3.07. The minimum atomic E-state index is -0.306. The Balaban J connectivity index is 1.87. The van der Waals surface area contributed by atoms with Gasteiger partial charge in [0, 0.05) is 25.2 Å². The number of rotatable bonds is 3. The van der Waals surface area contributed by atoms with E-state index in [9.17, 15) is 4.39 Å². The lowest BCUT2D eigenvalue weighted by Crippen LogP contribution is -2.28. The van der Waals surface area contributed by atoms with Gasteiger partial charge in [0.2, 0.25) is 5.95 Å². The number of nitrogens with zero attached hydrogens (tertiary/aromatic N) is 3. The average molecular weight is 355 g/mol. The largest absolute Gasteiger partial charge is 0.369 e. The van der Waals surface area contributed by atoms with Crippen molar-refractivity contribution in [1.82, 2.24) is 14.5 Å². The van der Waals surface area contributed by atoms with E-state index in [4.69, 9.17) is 5.73 Å². The summed E-state index contributed by atoms with van der Waals surface area (Å²) >= 11 is 3.24. The van der Waals surface area contributed by atoms with Crippen LogP contribution in [-0.2, 0) is 6.54 Å². The van der Waals surface area contributed by atoms with Gasteiger partial charge < -0.3 is 15.2 Å². The fourth-order valence-corrected chi connectivity index (χ4v) is 3.40. The Morgan fingerprint density at radius 2 is 2.24 bits per heavy atom. The quantitative estimate of drug-likeness (QED) is 0.920. The summed E-state index contributed by atoms with van der Waals surface area (Å²) < 4.78 is 16.0. The second kappa shape index (κ2) is 5.57. The molecule has 2 aromatic rings. The van der Waals surface area contributed by atoms with E-state index >= 15 is 0 Å². The lowest BCUT2D eigenvalue weighted by Gasteiger charge is -2.20. The van der Waals surface area contributed by atoms with E-state index in [0.717, 1.165) is 25.2 Å². The Morgan fingerprint density at radius 3 is 2.90 bits per heavy atom. The van der Waals surface area contributed by atoms with Crippen LogP contribution in [0.4, 0.5) is 10.3 Å². The van der Waals surface area contributed by atoms with Crippen molar-refractivity contribution in [3.05, 3.63) is 22.4 Å². The molecule has 114 valence electrons. The smallest absolute Gasteiger partial charge is 0.201 e. The van der Waals surface area contributed by atoms with Gasteiger partial charge in [-0.25, -0.2) is 9.37 Å². The van der Waals surface area contributed by atoms with E-state index in [1.54, 1.807) is 6.07 Å². The third-order valence-electron chi connectivity index (χ3n) is 4.31. The topological polar surface area (TPSA) is 47.1 Å². The number of likely N-dealkylation sites (tertiary alicyclic amines) is 1. The zero-order valence-electron chi connectivity index (χ0n) is 12.3. The molecule has 0 bridgehead atoms. The molecule has 1 fully saturated rings. The first-order chi connectivity index (χ1) is 9.95. The van der Waals surface area contributed by atoms with Gasteiger partial charge in [0.15, 0.2) is 0 Å². The van der Waals surface area contributed by atoms with Gasteiger partial charge >= 0.3 is 0 Å². The highest BCUT2D eigenvalue weighted by Crippen LogP contribution is 2.28. The third-order valence-corrected chi connectivity index (χ3v) is 4.92. The summed E-state index contributed by atoms with van der Waals surface area (Å²) in [6.45, 7) is 7.50. The van der Waals surface area contributed by atoms with Crippen LogP contribution in [0.15, 0.2) is 16.6 Å². The molecule has 0 saturated carbocycles. The Hall–Kier alpha value is -1.14. The molecule has 0 radical (unpaired) electrons. The van der Waals surface area contributed by atoms with Crippen LogP contribution in [0.1, 0.15) is 20.3 Å². The summed E-state index contributed by atoms with van der Waals surface area (Å²) in [5.74, 6) is 0.723. The molecule has 3 rings (SSSR count). The summed E-state index contributed by atoms with van der Waals surface area (Å²) in [5, 5.41) is 0. The maximum atomic E-state index is 13.6. The maximum Gasteiger partial charge on any atom is 0.201 e. The molecule has 2 heterocycles. The standard InChI is InChI=1S/C15H20BrFN4/c1-9(2)20-4-3-10(7-20)8-21-14-5-11(16)12(17)6-13(14)19-15(21)18/h5-6,9-10H,3-4,7-8H2,1-2H3,(H2,18,19). The van der Waals surface area contributed by atoms with Crippen LogP contribution in [0.2, 0.25) is 0 Å². The first kappa shape index (κ1) is 14.8. The summed E-state index contributed by atoms with van der Waals surface area (Å²) in [6, 6.07) is 3.78. The minimum Gasteiger partial charge on any atom is -0.369 e. The predicted molar refractivity (Wildman–Crippen MR) is 86.6 cm³/mol. The molecule has 1 saturated heterocycles. The number of halogens is 2. The number of anilines is 1. The molecule has 4 nitrogen and oxygen atoms in total. The molecule has 6 heteroatoms. The molecule has 0 spiro atoms. The van der Waals surface area contributed by atoms with E-state index in [2.05, 4.69) is 39.7 Å². The summed E-state index contributed by atoms with van der Waals surface area (Å²) in [6.07, 6.45) is 1.17. The fraction of sp³-hybridized carbons (Fsp3) is 0.533. The van der Waals surface area contributed by atoms with Gasteiger partial charge in [-0.15, -0.1) is 0 Å². The Bertz CT molecular complexity index is 667. The van der Waals surface area contributed by atoms with Gasteiger partial charge in [-0.1, -0.05) is 0 Å². The Kier molecular flexibility index (Phi) is 3.92. The molecule has 1 aliphatic heterocycles. The number of hydrogen-bond donors (Lipinski definition) is 1. The monoisotopic (exact) mass is 354 g/mol. The Labute approximate surface area is 132 Å². The van der Waals surface area contributed by atoms with E-state index in [1.165, 1.54) is 12.5 Å². The number of nitrogen functional groups attached to an aromatic ring is 1. The third kappa shape index (κ3) is 2.79. The van der Waals surface area contributed by atoms with Gasteiger partial charge in [0.25, 0.3) is 0 Å². The van der Waals surface area contributed by atoms with Crippen molar-refractivity contribution in [2.24, 2.45) is 5.92 Å². The molecule has 0 aliphatic carbocycles. The Morgan fingerprint density at radius 1 is 1.48 bits per heavy atom. The van der Waals surface area contributed by atoms with Crippen molar-refractivity contribution in [1.29, 1.82) is 0 Å². The van der Waals surface area contributed by atoms with Crippen molar-refractivity contribution >= 4 is 32.9 Å². The summed E-state index contributed by atoms with van der Waals surface area (Å²) in [7, 11) is 0. The van der Waals surface area contributed by atoms with Crippen molar-refractivity contribution < 1.29 is 4.39 Å². The number of imidazole rings is 1.